The van der Waals surface area contributed by atoms with Crippen molar-refractivity contribution in [3.63, 3.8) is 0 Å². The Balaban J connectivity index is 1.65. The maximum atomic E-state index is 13.3. The van der Waals surface area contributed by atoms with Gasteiger partial charge in [0.2, 0.25) is 0 Å². The first-order valence-corrected chi connectivity index (χ1v) is 10.8. The molecule has 1 atom stereocenters. The second kappa shape index (κ2) is 8.75. The summed E-state index contributed by atoms with van der Waals surface area (Å²) in [5.74, 6) is 0.0120. The van der Waals surface area contributed by atoms with Gasteiger partial charge in [0.05, 0.1) is 33.3 Å². The molecule has 3 heterocycles. The number of likely N-dealkylation sites (tertiary alicyclic amines) is 1. The summed E-state index contributed by atoms with van der Waals surface area (Å²) < 4.78 is 40.4. The zero-order valence-corrected chi connectivity index (χ0v) is 18.2. The van der Waals surface area contributed by atoms with E-state index >= 15 is 0 Å². The number of aryl methyl sites for hydroxylation is 2. The molecular formula is C19H26F2N6O2S. The third kappa shape index (κ3) is 4.66. The predicted molar refractivity (Wildman–Crippen MR) is 109 cm³/mol. The van der Waals surface area contributed by atoms with Gasteiger partial charge in [-0.2, -0.15) is 15.3 Å². The number of alkyl halides is 2. The number of rotatable bonds is 5. The number of carbonyl (C=O) groups excluding carboxylic acids is 1. The predicted octanol–water partition coefficient (Wildman–Crippen LogP) is 3.29. The van der Waals surface area contributed by atoms with Crippen molar-refractivity contribution in [1.82, 2.24) is 24.9 Å². The molecule has 8 nitrogen and oxygen atoms in total. The SMILES string of the molecule is Cc1cc(NC(=O)N2CCC(C(C)(C)S(=O)c3cn(C)nc3C(F)F)CC2)cnn1. The van der Waals surface area contributed by atoms with Gasteiger partial charge in [-0.25, -0.2) is 13.6 Å². The van der Waals surface area contributed by atoms with E-state index in [2.05, 4.69) is 20.6 Å². The summed E-state index contributed by atoms with van der Waals surface area (Å²) in [6, 6.07) is 1.50. The number of anilines is 1. The second-order valence-corrected chi connectivity index (χ2v) is 10.0. The Morgan fingerprint density at radius 1 is 1.33 bits per heavy atom. The highest BCUT2D eigenvalue weighted by Crippen LogP contribution is 2.37. The van der Waals surface area contributed by atoms with Gasteiger partial charge in [0.15, 0.2) is 0 Å². The number of nitrogens with one attached hydrogen (secondary N) is 1. The number of hydrogen-bond donors (Lipinski definition) is 1. The highest BCUT2D eigenvalue weighted by molar-refractivity contribution is 7.86. The molecule has 0 aliphatic carbocycles. The van der Waals surface area contributed by atoms with Crippen molar-refractivity contribution in [2.45, 2.75) is 49.7 Å². The first kappa shape index (κ1) is 22.3. The van der Waals surface area contributed by atoms with E-state index in [1.807, 2.05) is 13.8 Å². The quantitative estimate of drug-likeness (QED) is 0.770. The average Bonchev–Trinajstić information content (AvgIpc) is 3.09. The van der Waals surface area contributed by atoms with Crippen molar-refractivity contribution in [2.75, 3.05) is 18.4 Å². The van der Waals surface area contributed by atoms with Crippen LogP contribution in [0.15, 0.2) is 23.4 Å². The van der Waals surface area contributed by atoms with Gasteiger partial charge in [-0.15, -0.1) is 0 Å². The Morgan fingerprint density at radius 2 is 2.00 bits per heavy atom. The van der Waals surface area contributed by atoms with Crippen LogP contribution in [0.25, 0.3) is 0 Å². The van der Waals surface area contributed by atoms with Gasteiger partial charge >= 0.3 is 6.03 Å². The van der Waals surface area contributed by atoms with Gasteiger partial charge in [0.1, 0.15) is 5.69 Å². The van der Waals surface area contributed by atoms with Crippen LogP contribution < -0.4 is 5.32 Å². The summed E-state index contributed by atoms with van der Waals surface area (Å²) in [6.45, 7) is 6.43. The topological polar surface area (TPSA) is 93.0 Å². The van der Waals surface area contributed by atoms with Crippen LogP contribution in [-0.4, -0.2) is 53.0 Å². The van der Waals surface area contributed by atoms with E-state index < -0.39 is 27.7 Å². The molecular weight excluding hydrogens is 414 g/mol. The van der Waals surface area contributed by atoms with E-state index in [-0.39, 0.29) is 16.8 Å². The van der Waals surface area contributed by atoms with Crippen LogP contribution in [0, 0.1) is 12.8 Å². The summed E-state index contributed by atoms with van der Waals surface area (Å²) in [7, 11) is -0.118. The lowest BCUT2D eigenvalue weighted by Gasteiger charge is -2.39. The molecule has 2 amide bonds. The fraction of sp³-hybridized carbons (Fsp3) is 0.579. The molecule has 1 N–H and O–H groups in total. The van der Waals surface area contributed by atoms with Crippen LogP contribution in [0.1, 0.15) is 44.5 Å². The number of nitrogens with zero attached hydrogens (tertiary/aromatic N) is 5. The highest BCUT2D eigenvalue weighted by Gasteiger charge is 2.41. The monoisotopic (exact) mass is 440 g/mol. The molecule has 1 saturated heterocycles. The van der Waals surface area contributed by atoms with Crippen molar-refractivity contribution >= 4 is 22.5 Å². The average molecular weight is 441 g/mol. The third-order valence-corrected chi connectivity index (χ3v) is 7.50. The van der Waals surface area contributed by atoms with E-state index in [4.69, 9.17) is 0 Å². The van der Waals surface area contributed by atoms with Gasteiger partial charge < -0.3 is 10.2 Å². The van der Waals surface area contributed by atoms with Crippen LogP contribution in [0.2, 0.25) is 0 Å². The standard InChI is InChI=1S/C19H26F2N6O2S/c1-12-9-14(10-22-24-12)23-18(28)27-7-5-13(6-8-27)19(2,3)30(29)15-11-26(4)25-16(15)17(20)21/h9-11,13,17H,5-8H2,1-4H3,(H,23,24,28). The van der Waals surface area contributed by atoms with E-state index in [0.717, 1.165) is 0 Å². The van der Waals surface area contributed by atoms with Gasteiger partial charge in [0, 0.05) is 31.1 Å². The zero-order chi connectivity index (χ0) is 22.1. The molecule has 2 aromatic rings. The maximum Gasteiger partial charge on any atom is 0.321 e. The first-order chi connectivity index (χ1) is 14.1. The van der Waals surface area contributed by atoms with Crippen molar-refractivity contribution in [3.8, 4) is 0 Å². The lowest BCUT2D eigenvalue weighted by Crippen LogP contribution is -2.47. The molecule has 1 aliphatic heterocycles. The zero-order valence-electron chi connectivity index (χ0n) is 17.4. The van der Waals surface area contributed by atoms with Crippen LogP contribution in [0.5, 0.6) is 0 Å². The molecule has 1 fully saturated rings. The second-order valence-electron chi connectivity index (χ2n) is 8.00. The molecule has 11 heteroatoms. The molecule has 1 aliphatic rings. The Hall–Kier alpha value is -2.43. The molecule has 30 heavy (non-hydrogen) atoms. The summed E-state index contributed by atoms with van der Waals surface area (Å²) in [5, 5.41) is 14.3. The number of urea groups is 1. The maximum absolute atomic E-state index is 13.3. The largest absolute Gasteiger partial charge is 0.325 e. The van der Waals surface area contributed by atoms with Gasteiger partial charge in [-0.05, 0) is 45.6 Å². The lowest BCUT2D eigenvalue weighted by molar-refractivity contribution is 0.142. The molecule has 0 aromatic carbocycles. The van der Waals surface area contributed by atoms with E-state index in [0.29, 0.717) is 37.3 Å². The molecule has 2 aromatic heterocycles. The minimum atomic E-state index is -2.78. The number of hydrogen-bond acceptors (Lipinski definition) is 5. The van der Waals surface area contributed by atoms with Crippen molar-refractivity contribution in [3.05, 3.63) is 29.8 Å². The fourth-order valence-corrected chi connectivity index (χ4v) is 5.41. The number of aromatic nitrogens is 4. The number of carbonyl (C=O) groups is 1. The Morgan fingerprint density at radius 3 is 2.60 bits per heavy atom. The number of amides is 2. The number of halogens is 2. The Bertz CT molecular complexity index is 941. The third-order valence-electron chi connectivity index (χ3n) is 5.50. The Labute approximate surface area is 176 Å². The van der Waals surface area contributed by atoms with Crippen LogP contribution in [0.4, 0.5) is 19.3 Å². The molecule has 0 radical (unpaired) electrons. The highest BCUT2D eigenvalue weighted by atomic mass is 32.2. The summed E-state index contributed by atoms with van der Waals surface area (Å²) in [6.07, 6.45) is 1.37. The van der Waals surface area contributed by atoms with E-state index in [9.17, 15) is 17.8 Å². The molecule has 0 bridgehead atoms. The number of piperidine rings is 1. The van der Waals surface area contributed by atoms with Crippen LogP contribution in [0.3, 0.4) is 0 Å². The van der Waals surface area contributed by atoms with E-state index in [1.165, 1.54) is 24.1 Å². The Kier molecular flexibility index (Phi) is 6.49. The summed E-state index contributed by atoms with van der Waals surface area (Å²) >= 11 is 0. The van der Waals surface area contributed by atoms with Crippen LogP contribution >= 0.6 is 0 Å². The molecule has 0 saturated carbocycles. The van der Waals surface area contributed by atoms with Crippen LogP contribution in [-0.2, 0) is 17.8 Å². The summed E-state index contributed by atoms with van der Waals surface area (Å²) in [5.41, 5.74) is 0.850. The van der Waals surface area contributed by atoms with Gasteiger partial charge in [-0.3, -0.25) is 8.89 Å². The molecule has 1 unspecified atom stereocenters. The molecule has 0 spiro atoms. The summed E-state index contributed by atoms with van der Waals surface area (Å²) in [4.78, 5) is 14.3. The van der Waals surface area contributed by atoms with Gasteiger partial charge in [0.25, 0.3) is 6.43 Å². The van der Waals surface area contributed by atoms with Crippen molar-refractivity contribution in [2.24, 2.45) is 13.0 Å². The smallest absolute Gasteiger partial charge is 0.321 e. The van der Waals surface area contributed by atoms with E-state index in [1.54, 1.807) is 17.9 Å². The van der Waals surface area contributed by atoms with Gasteiger partial charge in [-0.1, -0.05) is 0 Å². The minimum absolute atomic E-state index is 0.0120. The normalized spacial score (nSPS) is 16.7. The lowest BCUT2D eigenvalue weighted by atomic mass is 9.86. The minimum Gasteiger partial charge on any atom is -0.325 e. The fourth-order valence-electron chi connectivity index (χ4n) is 3.73. The molecule has 3 rings (SSSR count). The van der Waals surface area contributed by atoms with Crippen molar-refractivity contribution in [1.29, 1.82) is 0 Å². The van der Waals surface area contributed by atoms with Crippen molar-refractivity contribution < 1.29 is 17.8 Å². The first-order valence-electron chi connectivity index (χ1n) is 9.68. The molecule has 164 valence electrons.